The van der Waals surface area contributed by atoms with Crippen molar-refractivity contribution in [3.8, 4) is 5.75 Å². The van der Waals surface area contributed by atoms with Crippen LogP contribution in [0.25, 0.3) is 0 Å². The number of hydrogen-bond acceptors (Lipinski definition) is 4. The first-order valence-corrected chi connectivity index (χ1v) is 10.9. The monoisotopic (exact) mass is 399 g/mol. The molecule has 5 heteroatoms. The van der Waals surface area contributed by atoms with Gasteiger partial charge in [-0.05, 0) is 43.5 Å². The number of benzene rings is 1. The van der Waals surface area contributed by atoms with Crippen LogP contribution >= 0.6 is 0 Å². The number of rotatable bonds is 17. The topological polar surface area (TPSA) is 61.4 Å². The number of carbonyl (C=O) groups excluding carboxylic acids is 1. The molecular formula is C23H38NNaO3. The molecule has 0 aliphatic heterocycles. The Labute approximate surface area is 194 Å². The Hall–Kier alpha value is -0.710. The van der Waals surface area contributed by atoms with Crippen LogP contribution in [0.2, 0.25) is 0 Å². The first kappa shape index (κ1) is 27.3. The zero-order valence-corrected chi connectivity index (χ0v) is 20.3. The number of ether oxygens (including phenoxy) is 1. The molecular weight excluding hydrogens is 361 g/mol. The molecule has 1 rings (SSSR count). The SMILES string of the molecule is CCCCCCCCC(Oc1ccc(NCCCCCCC)cc1)C(=O)[O-].[Na+]. The summed E-state index contributed by atoms with van der Waals surface area (Å²) >= 11 is 0. The molecule has 1 aromatic carbocycles. The summed E-state index contributed by atoms with van der Waals surface area (Å²) in [5.41, 5.74) is 1.04. The Bertz CT molecular complexity index is 493. The second-order valence-electron chi connectivity index (χ2n) is 7.35. The first-order valence-electron chi connectivity index (χ1n) is 10.9. The fraction of sp³-hybridized carbons (Fsp3) is 0.696. The van der Waals surface area contributed by atoms with E-state index < -0.39 is 12.1 Å². The van der Waals surface area contributed by atoms with E-state index in [1.165, 1.54) is 51.4 Å². The molecule has 0 bridgehead atoms. The molecule has 0 heterocycles. The number of carboxylic acids is 1. The van der Waals surface area contributed by atoms with Crippen LogP contribution in [0.5, 0.6) is 5.75 Å². The fourth-order valence-corrected chi connectivity index (χ4v) is 3.11. The minimum Gasteiger partial charge on any atom is -0.546 e. The average Bonchev–Trinajstić information content (AvgIpc) is 2.67. The zero-order chi connectivity index (χ0) is 19.7. The number of anilines is 1. The summed E-state index contributed by atoms with van der Waals surface area (Å²) in [7, 11) is 0. The van der Waals surface area contributed by atoms with E-state index >= 15 is 0 Å². The Morgan fingerprint density at radius 2 is 1.43 bits per heavy atom. The van der Waals surface area contributed by atoms with Gasteiger partial charge in [-0.2, -0.15) is 0 Å². The molecule has 0 amide bonds. The molecule has 1 aromatic rings. The Morgan fingerprint density at radius 1 is 0.893 bits per heavy atom. The van der Waals surface area contributed by atoms with E-state index in [0.717, 1.165) is 31.5 Å². The van der Waals surface area contributed by atoms with Gasteiger partial charge in [0.2, 0.25) is 0 Å². The summed E-state index contributed by atoms with van der Waals surface area (Å²) in [6.07, 6.45) is 12.7. The van der Waals surface area contributed by atoms with Gasteiger partial charge >= 0.3 is 29.6 Å². The minimum atomic E-state index is -1.13. The molecule has 0 aliphatic carbocycles. The van der Waals surface area contributed by atoms with Gasteiger partial charge in [0.05, 0.1) is 5.97 Å². The van der Waals surface area contributed by atoms with Gasteiger partial charge in [-0.3, -0.25) is 0 Å². The van der Waals surface area contributed by atoms with Crippen molar-refractivity contribution < 1.29 is 44.2 Å². The molecule has 0 radical (unpaired) electrons. The van der Waals surface area contributed by atoms with Gasteiger partial charge in [0.25, 0.3) is 0 Å². The van der Waals surface area contributed by atoms with E-state index in [0.29, 0.717) is 12.2 Å². The molecule has 1 N–H and O–H groups in total. The van der Waals surface area contributed by atoms with Crippen LogP contribution in [-0.4, -0.2) is 18.6 Å². The van der Waals surface area contributed by atoms with Crippen LogP contribution in [0.15, 0.2) is 24.3 Å². The van der Waals surface area contributed by atoms with Crippen LogP contribution in [0.1, 0.15) is 90.9 Å². The molecule has 4 nitrogen and oxygen atoms in total. The summed E-state index contributed by atoms with van der Waals surface area (Å²) in [4.78, 5) is 11.3. The molecule has 1 unspecified atom stereocenters. The molecule has 0 saturated heterocycles. The van der Waals surface area contributed by atoms with Crippen LogP contribution in [0.3, 0.4) is 0 Å². The van der Waals surface area contributed by atoms with Crippen molar-refractivity contribution in [1.29, 1.82) is 0 Å². The maximum atomic E-state index is 11.3. The second kappa shape index (κ2) is 18.3. The van der Waals surface area contributed by atoms with Gasteiger partial charge in [-0.1, -0.05) is 71.6 Å². The number of hydrogen-bond donors (Lipinski definition) is 1. The van der Waals surface area contributed by atoms with Gasteiger partial charge in [0.1, 0.15) is 11.9 Å². The van der Waals surface area contributed by atoms with E-state index in [1.54, 1.807) is 0 Å². The zero-order valence-electron chi connectivity index (χ0n) is 18.3. The predicted molar refractivity (Wildman–Crippen MR) is 111 cm³/mol. The van der Waals surface area contributed by atoms with Gasteiger partial charge in [0, 0.05) is 12.2 Å². The van der Waals surface area contributed by atoms with Crippen molar-refractivity contribution in [2.45, 2.75) is 97.0 Å². The van der Waals surface area contributed by atoms with Crippen LogP contribution in [0.4, 0.5) is 5.69 Å². The summed E-state index contributed by atoms with van der Waals surface area (Å²) in [6.45, 7) is 5.37. The molecule has 0 spiro atoms. The Balaban J connectivity index is 0.00000729. The van der Waals surface area contributed by atoms with E-state index in [9.17, 15) is 9.90 Å². The molecule has 154 valence electrons. The van der Waals surface area contributed by atoms with Crippen LogP contribution in [0, 0.1) is 0 Å². The maximum absolute atomic E-state index is 11.3. The summed E-state index contributed by atoms with van der Waals surface area (Å²) in [6, 6.07) is 7.55. The van der Waals surface area contributed by atoms with Crippen molar-refractivity contribution in [3.05, 3.63) is 24.3 Å². The molecule has 0 aliphatic rings. The third kappa shape index (κ3) is 13.5. The number of carbonyl (C=O) groups is 1. The average molecular weight is 400 g/mol. The van der Waals surface area contributed by atoms with Gasteiger partial charge in [0.15, 0.2) is 0 Å². The van der Waals surface area contributed by atoms with E-state index in [-0.39, 0.29) is 29.6 Å². The standard InChI is InChI=1S/C23H39NO3.Na/c1-3-5-7-9-10-12-14-22(23(25)26)27-21-17-15-20(16-18-21)24-19-13-11-8-6-4-2;/h15-18,22,24H,3-14,19H2,1-2H3,(H,25,26);/q;+1/p-1. The number of unbranched alkanes of at least 4 members (excludes halogenated alkanes) is 9. The Kier molecular flexibility index (Phi) is 17.9. The predicted octanol–water partition coefficient (Wildman–Crippen LogP) is 2.32. The maximum Gasteiger partial charge on any atom is 1.00 e. The van der Waals surface area contributed by atoms with Crippen LogP contribution < -0.4 is 44.7 Å². The van der Waals surface area contributed by atoms with Crippen molar-refractivity contribution >= 4 is 11.7 Å². The fourth-order valence-electron chi connectivity index (χ4n) is 3.11. The van der Waals surface area contributed by atoms with Gasteiger partial charge in [-0.15, -0.1) is 0 Å². The van der Waals surface area contributed by atoms with Crippen molar-refractivity contribution in [2.24, 2.45) is 0 Å². The molecule has 0 fully saturated rings. The minimum absolute atomic E-state index is 0. The van der Waals surface area contributed by atoms with E-state index in [1.807, 2.05) is 24.3 Å². The number of aliphatic carboxylic acids is 1. The normalized spacial score (nSPS) is 11.5. The summed E-state index contributed by atoms with van der Waals surface area (Å²) in [5.74, 6) is -0.540. The molecule has 28 heavy (non-hydrogen) atoms. The summed E-state index contributed by atoms with van der Waals surface area (Å²) in [5, 5.41) is 14.7. The van der Waals surface area contributed by atoms with Crippen molar-refractivity contribution in [3.63, 3.8) is 0 Å². The van der Waals surface area contributed by atoms with Crippen molar-refractivity contribution in [2.75, 3.05) is 11.9 Å². The van der Waals surface area contributed by atoms with E-state index in [4.69, 9.17) is 4.74 Å². The summed E-state index contributed by atoms with van der Waals surface area (Å²) < 4.78 is 5.64. The first-order chi connectivity index (χ1) is 13.2. The van der Waals surface area contributed by atoms with Crippen molar-refractivity contribution in [1.82, 2.24) is 0 Å². The third-order valence-corrected chi connectivity index (χ3v) is 4.82. The molecule has 1 atom stereocenters. The van der Waals surface area contributed by atoms with Gasteiger partial charge in [-0.25, -0.2) is 0 Å². The third-order valence-electron chi connectivity index (χ3n) is 4.82. The quantitative estimate of drug-likeness (QED) is 0.323. The number of carboxylic acid groups (broad SMARTS) is 1. The smallest absolute Gasteiger partial charge is 0.546 e. The molecule has 0 aromatic heterocycles. The molecule has 0 saturated carbocycles. The second-order valence-corrected chi connectivity index (χ2v) is 7.35. The van der Waals surface area contributed by atoms with E-state index in [2.05, 4.69) is 19.2 Å². The Morgan fingerprint density at radius 3 is 2.00 bits per heavy atom. The number of nitrogens with one attached hydrogen (secondary N) is 1. The van der Waals surface area contributed by atoms with Gasteiger partial charge < -0.3 is 20.0 Å². The van der Waals surface area contributed by atoms with Crippen LogP contribution in [-0.2, 0) is 4.79 Å². The largest absolute Gasteiger partial charge is 1.00 e.